The average Bonchev–Trinajstić information content (AvgIpc) is 2.09. The lowest BCUT2D eigenvalue weighted by Gasteiger charge is -2.28. The fourth-order valence-corrected chi connectivity index (χ4v) is 1.56. The maximum Gasteiger partial charge on any atom is 0.256 e. The zero-order chi connectivity index (χ0) is 10.1. The van der Waals surface area contributed by atoms with E-state index in [4.69, 9.17) is 5.73 Å². The van der Waals surface area contributed by atoms with Gasteiger partial charge in [0.05, 0.1) is 6.42 Å². The first-order chi connectivity index (χ1) is 5.86. The first-order valence-electron chi connectivity index (χ1n) is 4.30. The van der Waals surface area contributed by atoms with E-state index in [2.05, 4.69) is 11.8 Å². The molecule has 0 unspecified atom stereocenters. The highest BCUT2D eigenvalue weighted by atomic mass is 19.1. The van der Waals surface area contributed by atoms with Gasteiger partial charge >= 0.3 is 0 Å². The molecule has 0 spiro atoms. The summed E-state index contributed by atoms with van der Waals surface area (Å²) in [5, 5.41) is 0. The van der Waals surface area contributed by atoms with Crippen molar-refractivity contribution in [1.29, 1.82) is 0 Å². The highest BCUT2D eigenvalue weighted by Gasteiger charge is 2.42. The third kappa shape index (κ3) is 2.21. The van der Waals surface area contributed by atoms with Crippen LogP contribution in [0.1, 0.15) is 33.1 Å². The summed E-state index contributed by atoms with van der Waals surface area (Å²) in [4.78, 5) is 10.9. The van der Waals surface area contributed by atoms with Crippen molar-refractivity contribution in [3.05, 3.63) is 0 Å². The van der Waals surface area contributed by atoms with Crippen molar-refractivity contribution in [3.8, 4) is 11.8 Å². The Kier molecular flexibility index (Phi) is 2.34. The maximum absolute atomic E-state index is 13.9. The molecule has 0 aromatic heterocycles. The third-order valence-electron chi connectivity index (χ3n) is 2.26. The Morgan fingerprint density at radius 3 is 2.46 bits per heavy atom. The summed E-state index contributed by atoms with van der Waals surface area (Å²) in [7, 11) is 0. The van der Waals surface area contributed by atoms with Gasteiger partial charge in [-0.15, -0.1) is 5.92 Å². The molecule has 0 aromatic carbocycles. The van der Waals surface area contributed by atoms with E-state index in [-0.39, 0.29) is 18.3 Å². The topological polar surface area (TPSA) is 43.1 Å². The first kappa shape index (κ1) is 10.0. The van der Waals surface area contributed by atoms with Crippen LogP contribution in [0.3, 0.4) is 0 Å². The summed E-state index contributed by atoms with van der Waals surface area (Å²) in [6.45, 7) is 3.79. The van der Waals surface area contributed by atoms with E-state index < -0.39 is 11.6 Å². The van der Waals surface area contributed by atoms with Gasteiger partial charge in [0.25, 0.3) is 5.91 Å². The molecule has 1 amide bonds. The molecule has 3 heteroatoms. The van der Waals surface area contributed by atoms with Crippen molar-refractivity contribution >= 4 is 5.91 Å². The largest absolute Gasteiger partial charge is 0.367 e. The van der Waals surface area contributed by atoms with Crippen LogP contribution in [-0.4, -0.2) is 11.6 Å². The Hall–Kier alpha value is -1.04. The Bertz CT molecular complexity index is 287. The van der Waals surface area contributed by atoms with Crippen molar-refractivity contribution in [3.63, 3.8) is 0 Å². The monoisotopic (exact) mass is 183 g/mol. The van der Waals surface area contributed by atoms with Gasteiger partial charge in [0, 0.05) is 6.42 Å². The summed E-state index contributed by atoms with van der Waals surface area (Å²) in [6, 6.07) is 0. The summed E-state index contributed by atoms with van der Waals surface area (Å²) < 4.78 is 13.9. The summed E-state index contributed by atoms with van der Waals surface area (Å²) in [5.74, 6) is 4.61. The van der Waals surface area contributed by atoms with Crippen LogP contribution in [0.15, 0.2) is 0 Å². The molecule has 0 saturated heterocycles. The van der Waals surface area contributed by atoms with Crippen molar-refractivity contribution in [1.82, 2.24) is 0 Å². The minimum absolute atomic E-state index is 0.0637. The number of halogens is 1. The molecule has 1 rings (SSSR count). The summed E-state index contributed by atoms with van der Waals surface area (Å²) >= 11 is 0. The molecule has 0 fully saturated rings. The molecule has 1 aliphatic carbocycles. The molecular weight excluding hydrogens is 169 g/mol. The number of hydrogen-bond donors (Lipinski definition) is 1. The van der Waals surface area contributed by atoms with Gasteiger partial charge in [-0.25, -0.2) is 4.39 Å². The molecule has 13 heavy (non-hydrogen) atoms. The second kappa shape index (κ2) is 3.02. The minimum Gasteiger partial charge on any atom is -0.367 e. The lowest BCUT2D eigenvalue weighted by molar-refractivity contribution is -0.131. The third-order valence-corrected chi connectivity index (χ3v) is 2.26. The van der Waals surface area contributed by atoms with Crippen molar-refractivity contribution in [2.75, 3.05) is 0 Å². The number of rotatable bonds is 1. The molecule has 0 aromatic rings. The van der Waals surface area contributed by atoms with Crippen LogP contribution >= 0.6 is 0 Å². The van der Waals surface area contributed by atoms with Crippen LogP contribution in [-0.2, 0) is 4.79 Å². The van der Waals surface area contributed by atoms with E-state index in [0.717, 1.165) is 0 Å². The van der Waals surface area contributed by atoms with Crippen LogP contribution in [0.25, 0.3) is 0 Å². The van der Waals surface area contributed by atoms with Gasteiger partial charge < -0.3 is 5.73 Å². The van der Waals surface area contributed by atoms with Gasteiger partial charge in [0.2, 0.25) is 0 Å². The molecule has 2 N–H and O–H groups in total. The molecule has 0 saturated carbocycles. The normalized spacial score (nSPS) is 31.3. The number of carbonyl (C=O) groups is 1. The number of nitrogens with two attached hydrogens (primary N) is 1. The van der Waals surface area contributed by atoms with Crippen LogP contribution in [0.4, 0.5) is 4.39 Å². The second-order valence-corrected chi connectivity index (χ2v) is 4.38. The minimum atomic E-state index is -1.94. The lowest BCUT2D eigenvalue weighted by atomic mass is 9.79. The second-order valence-electron chi connectivity index (χ2n) is 4.38. The van der Waals surface area contributed by atoms with Gasteiger partial charge in [0.1, 0.15) is 0 Å². The average molecular weight is 183 g/mol. The van der Waals surface area contributed by atoms with E-state index in [1.54, 1.807) is 0 Å². The molecule has 1 aliphatic rings. The van der Waals surface area contributed by atoms with Gasteiger partial charge in [-0.2, -0.15) is 0 Å². The summed E-state index contributed by atoms with van der Waals surface area (Å²) in [5.41, 5.74) is 2.80. The number of primary amides is 1. The first-order valence-corrected chi connectivity index (χ1v) is 4.30. The molecule has 0 bridgehead atoms. The highest BCUT2D eigenvalue weighted by molar-refractivity contribution is 5.83. The van der Waals surface area contributed by atoms with E-state index >= 15 is 0 Å². The van der Waals surface area contributed by atoms with Crippen LogP contribution in [0.5, 0.6) is 0 Å². The predicted molar refractivity (Wildman–Crippen MR) is 48.4 cm³/mol. The molecule has 0 heterocycles. The van der Waals surface area contributed by atoms with E-state index in [1.807, 2.05) is 13.8 Å². The number of carbonyl (C=O) groups excluding carboxylic acids is 1. The standard InChI is InChI=1S/C10H14FNO/c1-9(2)5-3-4-6-10(11,7-9)8(12)13/h5-7H2,1-2H3,(H2,12,13)/t10-/m0/s1. The zero-order valence-electron chi connectivity index (χ0n) is 7.98. The maximum atomic E-state index is 13.9. The Morgan fingerprint density at radius 2 is 1.92 bits per heavy atom. The van der Waals surface area contributed by atoms with E-state index in [9.17, 15) is 9.18 Å². The fourth-order valence-electron chi connectivity index (χ4n) is 1.56. The van der Waals surface area contributed by atoms with Crippen molar-refractivity contribution < 1.29 is 9.18 Å². The fraction of sp³-hybridized carbons (Fsp3) is 0.700. The molecule has 72 valence electrons. The quantitative estimate of drug-likeness (QED) is 0.613. The number of alkyl halides is 1. The highest BCUT2D eigenvalue weighted by Crippen LogP contribution is 2.36. The van der Waals surface area contributed by atoms with Crippen LogP contribution in [0.2, 0.25) is 0 Å². The predicted octanol–water partition coefficient (Wildman–Crippen LogP) is 1.39. The molecule has 1 atom stereocenters. The number of amides is 1. The Balaban J connectivity index is 2.92. The SMILES string of the molecule is CC1(C)CC#CC[C@@](F)(C(N)=O)C1. The summed E-state index contributed by atoms with van der Waals surface area (Å²) in [6.07, 6.45) is 0.701. The molecular formula is C10H14FNO. The van der Waals surface area contributed by atoms with Gasteiger partial charge in [-0.05, 0) is 11.8 Å². The zero-order valence-corrected chi connectivity index (χ0v) is 7.98. The van der Waals surface area contributed by atoms with E-state index in [0.29, 0.717) is 6.42 Å². The smallest absolute Gasteiger partial charge is 0.256 e. The number of hydrogen-bond acceptors (Lipinski definition) is 1. The molecule has 0 radical (unpaired) electrons. The molecule has 0 aliphatic heterocycles. The van der Waals surface area contributed by atoms with Gasteiger partial charge in [0.15, 0.2) is 5.67 Å². The molecule has 2 nitrogen and oxygen atoms in total. The van der Waals surface area contributed by atoms with Crippen LogP contribution < -0.4 is 5.73 Å². The van der Waals surface area contributed by atoms with E-state index in [1.165, 1.54) is 0 Å². The lowest BCUT2D eigenvalue weighted by Crippen LogP contribution is -2.42. The Labute approximate surface area is 77.7 Å². The van der Waals surface area contributed by atoms with Crippen LogP contribution in [0, 0.1) is 17.3 Å². The van der Waals surface area contributed by atoms with Gasteiger partial charge in [-0.1, -0.05) is 19.8 Å². The Morgan fingerprint density at radius 1 is 1.38 bits per heavy atom. The van der Waals surface area contributed by atoms with Crippen molar-refractivity contribution in [2.45, 2.75) is 38.8 Å². The van der Waals surface area contributed by atoms with Crippen molar-refractivity contribution in [2.24, 2.45) is 11.1 Å². The van der Waals surface area contributed by atoms with Gasteiger partial charge in [-0.3, -0.25) is 4.79 Å².